The summed E-state index contributed by atoms with van der Waals surface area (Å²) in [5.74, 6) is -1.14. The molecule has 0 bridgehead atoms. The molecule has 29 heavy (non-hydrogen) atoms. The van der Waals surface area contributed by atoms with E-state index in [0.717, 1.165) is 5.56 Å². The van der Waals surface area contributed by atoms with E-state index < -0.39 is 22.6 Å². The Labute approximate surface area is 177 Å². The Bertz CT molecular complexity index is 1130. The van der Waals surface area contributed by atoms with E-state index in [1.807, 2.05) is 0 Å². The van der Waals surface area contributed by atoms with Crippen LogP contribution in [0.25, 0.3) is 11.1 Å². The highest BCUT2D eigenvalue weighted by molar-refractivity contribution is 7.92. The number of ether oxygens (including phenoxy) is 1. The van der Waals surface area contributed by atoms with Gasteiger partial charge in [0.15, 0.2) is 6.61 Å². The first kappa shape index (κ1) is 20.8. The summed E-state index contributed by atoms with van der Waals surface area (Å²) >= 11 is 11.8. The molecule has 0 atom stereocenters. The minimum Gasteiger partial charge on any atom is -0.480 e. The first-order chi connectivity index (χ1) is 13.7. The lowest BCUT2D eigenvalue weighted by Crippen LogP contribution is -2.15. The number of rotatable bonds is 7. The average molecular weight is 450 g/mol. The molecule has 0 aliphatic rings. The number of sulfonamides is 1. The highest BCUT2D eigenvalue weighted by atomic mass is 35.5. The van der Waals surface area contributed by atoms with Crippen molar-refractivity contribution in [1.82, 2.24) is 0 Å². The summed E-state index contributed by atoms with van der Waals surface area (Å²) in [5, 5.41) is 9.18. The van der Waals surface area contributed by atoms with Crippen LogP contribution < -0.4 is 9.46 Å². The van der Waals surface area contributed by atoms with Crippen molar-refractivity contribution >= 4 is 44.9 Å². The van der Waals surface area contributed by atoms with Crippen LogP contribution in [0.2, 0.25) is 10.0 Å². The number of benzene rings is 2. The maximum absolute atomic E-state index is 12.8. The summed E-state index contributed by atoms with van der Waals surface area (Å²) in [7, 11) is -4.08. The first-order valence-corrected chi connectivity index (χ1v) is 10.3. The summed E-state index contributed by atoms with van der Waals surface area (Å²) in [6.07, 6.45) is 0. The Morgan fingerprint density at radius 2 is 1.76 bits per heavy atom. The van der Waals surface area contributed by atoms with Crippen LogP contribution in [0.15, 0.2) is 59.5 Å². The molecule has 3 aromatic carbocycles. The van der Waals surface area contributed by atoms with Crippen LogP contribution in [0.3, 0.4) is 0 Å². The Balaban J connectivity index is 2.03. The van der Waals surface area contributed by atoms with Crippen LogP contribution in [0.1, 0.15) is 0 Å². The fourth-order valence-electron chi connectivity index (χ4n) is 2.47. The number of hydrogen-bond acceptors (Lipinski definition) is 4. The molecule has 0 heterocycles. The van der Waals surface area contributed by atoms with Crippen molar-refractivity contribution in [2.45, 2.75) is 4.90 Å². The summed E-state index contributed by atoms with van der Waals surface area (Å²) in [4.78, 5) is 10.7. The quantitative estimate of drug-likeness (QED) is 0.552. The van der Waals surface area contributed by atoms with Gasteiger partial charge >= 0.3 is 5.97 Å². The number of halogens is 2. The van der Waals surface area contributed by atoms with Gasteiger partial charge in [0, 0.05) is 10.0 Å². The molecular weight excluding hydrogens is 437 g/mol. The summed E-state index contributed by atoms with van der Waals surface area (Å²) in [6.45, 7) is -0.634. The fraction of sp³-hybridized carbons (Fsp3) is 0.0500. The molecule has 0 aliphatic heterocycles. The molecule has 3 aromatic rings. The monoisotopic (exact) mass is 449 g/mol. The molecule has 0 amide bonds. The van der Waals surface area contributed by atoms with Crippen molar-refractivity contribution < 1.29 is 23.1 Å². The van der Waals surface area contributed by atoms with Gasteiger partial charge < -0.3 is 9.84 Å². The Morgan fingerprint density at radius 3 is 2.38 bits per heavy atom. The van der Waals surface area contributed by atoms with Gasteiger partial charge in [-0.2, -0.15) is 0 Å². The second-order valence-electron chi connectivity index (χ2n) is 5.83. The molecule has 0 radical (unpaired) electrons. The smallest absolute Gasteiger partial charge is 0.341 e. The molecule has 2 N–H and O–H groups in total. The van der Waals surface area contributed by atoms with Gasteiger partial charge in [0.25, 0.3) is 10.0 Å². The van der Waals surface area contributed by atoms with Crippen molar-refractivity contribution in [3.8, 4) is 16.9 Å². The molecule has 0 aliphatic carbocycles. The Hall–Kier alpha value is -2.92. The number of carboxylic acid groups (broad SMARTS) is 1. The van der Waals surface area contributed by atoms with Gasteiger partial charge in [-0.25, -0.2) is 13.2 Å². The molecule has 0 unspecified atom stereocenters. The van der Waals surface area contributed by atoms with Gasteiger partial charge in [-0.1, -0.05) is 41.4 Å². The lowest BCUT2D eigenvalue weighted by atomic mass is 10.1. The van der Waals surface area contributed by atoms with Gasteiger partial charge in [0.1, 0.15) is 5.75 Å². The molecule has 0 spiro atoms. The van der Waals surface area contributed by atoms with Crippen LogP contribution in [-0.4, -0.2) is 26.1 Å². The number of aliphatic carboxylic acids is 1. The minimum atomic E-state index is -4.08. The second-order valence-corrected chi connectivity index (χ2v) is 8.38. The van der Waals surface area contributed by atoms with Crippen LogP contribution in [0, 0.1) is 12.1 Å². The molecule has 3 rings (SSSR count). The predicted octanol–water partition coefficient (Wildman–Crippen LogP) is 4.52. The van der Waals surface area contributed by atoms with Crippen molar-refractivity contribution in [2.75, 3.05) is 11.3 Å². The van der Waals surface area contributed by atoms with E-state index in [0.29, 0.717) is 5.56 Å². The minimum absolute atomic E-state index is 0.0549. The van der Waals surface area contributed by atoms with Gasteiger partial charge in [-0.15, -0.1) is 0 Å². The third-order valence-electron chi connectivity index (χ3n) is 3.71. The van der Waals surface area contributed by atoms with E-state index in [1.165, 1.54) is 30.3 Å². The zero-order valence-corrected chi connectivity index (χ0v) is 17.0. The van der Waals surface area contributed by atoms with E-state index in [1.54, 1.807) is 24.3 Å². The molecular formula is C20H13Cl2NO5S. The SMILES string of the molecule is O=C(O)COc1ccc(-c2cc#ccc2)cc1NS(=O)(=O)c1cc(Cl)cc(Cl)c1. The fourth-order valence-corrected chi connectivity index (χ4v) is 4.26. The number of hydrogen-bond donors (Lipinski definition) is 2. The normalized spacial score (nSPS) is 10.8. The van der Waals surface area contributed by atoms with Crippen LogP contribution in [0.4, 0.5) is 5.69 Å². The molecule has 148 valence electrons. The summed E-state index contributed by atoms with van der Waals surface area (Å²) < 4.78 is 33.3. The van der Waals surface area contributed by atoms with E-state index in [2.05, 4.69) is 16.9 Å². The van der Waals surface area contributed by atoms with Crippen molar-refractivity contribution in [1.29, 1.82) is 0 Å². The molecule has 0 saturated carbocycles. The average Bonchev–Trinajstić information content (AvgIpc) is 2.66. The highest BCUT2D eigenvalue weighted by Gasteiger charge is 2.19. The number of carboxylic acids is 1. The number of nitrogens with one attached hydrogen (secondary N) is 1. The lowest BCUT2D eigenvalue weighted by Gasteiger charge is -2.15. The largest absolute Gasteiger partial charge is 0.480 e. The maximum atomic E-state index is 12.8. The molecule has 9 heteroatoms. The third-order valence-corrected chi connectivity index (χ3v) is 5.49. The van der Waals surface area contributed by atoms with Gasteiger partial charge in [-0.05, 0) is 59.7 Å². The molecule has 0 fully saturated rings. The molecule has 0 saturated heterocycles. The number of anilines is 1. The van der Waals surface area contributed by atoms with E-state index in [4.69, 9.17) is 33.0 Å². The third kappa shape index (κ3) is 5.33. The topological polar surface area (TPSA) is 92.7 Å². The standard InChI is InChI=1S/C20H13Cl2NO5S/c21-15-9-16(22)11-17(10-15)29(26,27)23-18-8-14(13-4-2-1-3-5-13)6-7-19(18)28-12-20(24)25/h2,4-11,23H,12H2,(H,24,25). The van der Waals surface area contributed by atoms with Gasteiger partial charge in [0.2, 0.25) is 0 Å². The second kappa shape index (κ2) is 8.62. The number of carbonyl (C=O) groups is 1. The Kier molecular flexibility index (Phi) is 6.18. The predicted molar refractivity (Wildman–Crippen MR) is 110 cm³/mol. The maximum Gasteiger partial charge on any atom is 0.341 e. The van der Waals surface area contributed by atoms with Crippen LogP contribution in [-0.2, 0) is 14.8 Å². The van der Waals surface area contributed by atoms with Crippen molar-refractivity contribution in [3.05, 3.63) is 76.8 Å². The van der Waals surface area contributed by atoms with Crippen molar-refractivity contribution in [3.63, 3.8) is 0 Å². The Morgan fingerprint density at radius 1 is 1.03 bits per heavy atom. The van der Waals surface area contributed by atoms with E-state index in [-0.39, 0.29) is 26.4 Å². The highest BCUT2D eigenvalue weighted by Crippen LogP contribution is 2.33. The molecule has 6 nitrogen and oxygen atoms in total. The summed E-state index contributed by atoms with van der Waals surface area (Å²) in [5.41, 5.74) is 1.49. The zero-order chi connectivity index (χ0) is 21.0. The molecule has 0 aromatic heterocycles. The lowest BCUT2D eigenvalue weighted by molar-refractivity contribution is -0.139. The van der Waals surface area contributed by atoms with Crippen molar-refractivity contribution in [2.24, 2.45) is 0 Å². The van der Waals surface area contributed by atoms with Gasteiger partial charge in [-0.3, -0.25) is 4.72 Å². The van der Waals surface area contributed by atoms with E-state index in [9.17, 15) is 13.2 Å². The van der Waals surface area contributed by atoms with E-state index >= 15 is 0 Å². The van der Waals surface area contributed by atoms with Crippen LogP contribution in [0.5, 0.6) is 5.75 Å². The first-order valence-electron chi connectivity index (χ1n) is 8.10. The van der Waals surface area contributed by atoms with Gasteiger partial charge in [0.05, 0.1) is 10.6 Å². The van der Waals surface area contributed by atoms with Crippen LogP contribution >= 0.6 is 23.2 Å². The summed E-state index contributed by atoms with van der Waals surface area (Å²) in [6, 6.07) is 19.3. The zero-order valence-electron chi connectivity index (χ0n) is 14.6.